The summed E-state index contributed by atoms with van der Waals surface area (Å²) >= 11 is 0. The average molecular weight is 317 g/mol. The van der Waals surface area contributed by atoms with Crippen LogP contribution in [0.1, 0.15) is 17.5 Å². The van der Waals surface area contributed by atoms with E-state index < -0.39 is 0 Å². The van der Waals surface area contributed by atoms with E-state index in [-0.39, 0.29) is 35.5 Å². The second kappa shape index (κ2) is 4.64. The van der Waals surface area contributed by atoms with Gasteiger partial charge in [-0.1, -0.05) is 24.3 Å². The predicted octanol–water partition coefficient (Wildman–Crippen LogP) is 1.95. The number of hydrogen-bond acceptors (Lipinski definition) is 4. The molecule has 0 radical (unpaired) electrons. The van der Waals surface area contributed by atoms with Crippen LogP contribution in [0.15, 0.2) is 41.5 Å². The Morgan fingerprint density at radius 2 is 1.62 bits per heavy atom. The molecule has 118 valence electrons. The molecule has 5 aliphatic rings. The maximum Gasteiger partial charge on any atom is 0.254 e. The summed E-state index contributed by atoms with van der Waals surface area (Å²) in [6.45, 7) is 0. The zero-order valence-electron chi connectivity index (χ0n) is 12.9. The van der Waals surface area contributed by atoms with Crippen molar-refractivity contribution in [3.63, 3.8) is 0 Å². The zero-order chi connectivity index (χ0) is 16.4. The van der Waals surface area contributed by atoms with E-state index in [2.05, 4.69) is 23.3 Å². The first kappa shape index (κ1) is 13.7. The van der Waals surface area contributed by atoms with E-state index in [4.69, 9.17) is 5.26 Å². The molecule has 6 rings (SSSR count). The molecule has 2 amide bonds. The zero-order valence-corrected chi connectivity index (χ0v) is 12.9. The summed E-state index contributed by atoms with van der Waals surface area (Å²) in [4.78, 5) is 25.5. The second-order valence-corrected chi connectivity index (χ2v) is 7.12. The summed E-state index contributed by atoms with van der Waals surface area (Å²) in [7, 11) is 0. The van der Waals surface area contributed by atoms with Gasteiger partial charge in [-0.25, -0.2) is 0 Å². The fourth-order valence-corrected chi connectivity index (χ4v) is 4.82. The van der Waals surface area contributed by atoms with Gasteiger partial charge in [0.05, 0.1) is 29.7 Å². The Morgan fingerprint density at radius 3 is 2.17 bits per heavy atom. The molecule has 2 bridgehead atoms. The monoisotopic (exact) mass is 317 g/mol. The number of benzene rings is 1. The standard InChI is InChI=1S/C19H15N3O2/c20-8-10-1-3-11(4-2-10)9-21-22-18(23)16-12-5-6-13(15-7-14(12)15)17(16)19(22)24/h1-6,9,12-17H,7H2/b21-9-/t12-,13-,14-,15+,16-,17+/m0/s1. The van der Waals surface area contributed by atoms with Crippen LogP contribution in [0, 0.1) is 46.8 Å². The molecule has 2 saturated carbocycles. The van der Waals surface area contributed by atoms with Gasteiger partial charge in [0.2, 0.25) is 0 Å². The summed E-state index contributed by atoms with van der Waals surface area (Å²) in [5.41, 5.74) is 1.32. The number of hydrogen-bond donors (Lipinski definition) is 0. The Balaban J connectivity index is 1.42. The summed E-state index contributed by atoms with van der Waals surface area (Å²) in [6.07, 6.45) is 6.98. The quantitative estimate of drug-likeness (QED) is 0.475. The Kier molecular flexibility index (Phi) is 2.64. The Labute approximate surface area is 139 Å². The van der Waals surface area contributed by atoms with Crippen LogP contribution >= 0.6 is 0 Å². The lowest BCUT2D eigenvalue weighted by atomic mass is 9.63. The van der Waals surface area contributed by atoms with Gasteiger partial charge in [0.1, 0.15) is 0 Å². The van der Waals surface area contributed by atoms with Crippen molar-refractivity contribution in [1.82, 2.24) is 5.01 Å². The molecule has 5 heteroatoms. The number of rotatable bonds is 2. The molecule has 24 heavy (non-hydrogen) atoms. The predicted molar refractivity (Wildman–Crippen MR) is 85.3 cm³/mol. The Bertz CT molecular complexity index is 812. The van der Waals surface area contributed by atoms with E-state index in [0.717, 1.165) is 17.0 Å². The van der Waals surface area contributed by atoms with Crippen molar-refractivity contribution in [3.8, 4) is 6.07 Å². The van der Waals surface area contributed by atoms with Crippen molar-refractivity contribution in [3.05, 3.63) is 47.5 Å². The number of hydrazone groups is 1. The van der Waals surface area contributed by atoms with Crippen LogP contribution in [-0.4, -0.2) is 23.0 Å². The smallest absolute Gasteiger partial charge is 0.254 e. The highest BCUT2D eigenvalue weighted by atomic mass is 16.2. The van der Waals surface area contributed by atoms with E-state index in [1.54, 1.807) is 24.3 Å². The van der Waals surface area contributed by atoms with Crippen molar-refractivity contribution in [2.24, 2.45) is 40.6 Å². The summed E-state index contributed by atoms with van der Waals surface area (Å²) in [5, 5.41) is 14.1. The molecule has 0 unspecified atom stereocenters. The fourth-order valence-electron chi connectivity index (χ4n) is 4.82. The first-order chi connectivity index (χ1) is 11.7. The number of nitrogens with zero attached hydrogens (tertiary/aromatic N) is 3. The maximum absolute atomic E-state index is 12.7. The number of nitriles is 1. The molecular formula is C19H15N3O2. The first-order valence-electron chi connectivity index (χ1n) is 8.29. The van der Waals surface area contributed by atoms with E-state index in [1.807, 2.05) is 0 Å². The molecule has 0 aromatic heterocycles. The van der Waals surface area contributed by atoms with Crippen molar-refractivity contribution < 1.29 is 9.59 Å². The van der Waals surface area contributed by atoms with Crippen molar-refractivity contribution in [1.29, 1.82) is 5.26 Å². The molecule has 1 saturated heterocycles. The third kappa shape index (κ3) is 1.71. The minimum atomic E-state index is -0.214. The normalized spacial score (nSPS) is 38.4. The minimum Gasteiger partial charge on any atom is -0.272 e. The van der Waals surface area contributed by atoms with E-state index in [0.29, 0.717) is 17.4 Å². The van der Waals surface area contributed by atoms with Gasteiger partial charge < -0.3 is 0 Å². The number of amides is 2. The van der Waals surface area contributed by atoms with Gasteiger partial charge in [-0.15, -0.1) is 0 Å². The molecule has 3 fully saturated rings. The van der Waals surface area contributed by atoms with Gasteiger partial charge in [0, 0.05) is 0 Å². The minimum absolute atomic E-state index is 0.153. The van der Waals surface area contributed by atoms with E-state index in [1.165, 1.54) is 6.21 Å². The number of carbonyl (C=O) groups is 2. The Morgan fingerprint density at radius 1 is 1.04 bits per heavy atom. The van der Waals surface area contributed by atoms with Gasteiger partial charge in [-0.05, 0) is 47.8 Å². The molecule has 1 aromatic rings. The van der Waals surface area contributed by atoms with Gasteiger partial charge in [0.25, 0.3) is 11.8 Å². The van der Waals surface area contributed by atoms with Gasteiger partial charge in [-0.2, -0.15) is 15.4 Å². The lowest BCUT2D eigenvalue weighted by Gasteiger charge is -2.37. The highest BCUT2D eigenvalue weighted by molar-refractivity contribution is 6.06. The highest BCUT2D eigenvalue weighted by Crippen LogP contribution is 2.65. The lowest BCUT2D eigenvalue weighted by molar-refractivity contribution is -0.140. The molecule has 4 aliphatic carbocycles. The third-order valence-corrected chi connectivity index (χ3v) is 6.00. The largest absolute Gasteiger partial charge is 0.272 e. The van der Waals surface area contributed by atoms with Crippen LogP contribution in [0.25, 0.3) is 0 Å². The topological polar surface area (TPSA) is 73.5 Å². The van der Waals surface area contributed by atoms with Crippen LogP contribution in [0.4, 0.5) is 0 Å². The van der Waals surface area contributed by atoms with Crippen molar-refractivity contribution in [2.45, 2.75) is 6.42 Å². The molecule has 5 nitrogen and oxygen atoms in total. The van der Waals surface area contributed by atoms with Crippen LogP contribution < -0.4 is 0 Å². The Hall–Kier alpha value is -2.74. The van der Waals surface area contributed by atoms with E-state index >= 15 is 0 Å². The SMILES string of the molecule is N#Cc1ccc(/C=N\N2C(=O)[C@@H]3[C@H]4C=C[C@@H]([C@@H]5C[C@H]45)[C@@H]3C2=O)cc1. The molecule has 0 spiro atoms. The van der Waals surface area contributed by atoms with Crippen LogP contribution in [0.5, 0.6) is 0 Å². The lowest BCUT2D eigenvalue weighted by Crippen LogP contribution is -2.40. The van der Waals surface area contributed by atoms with E-state index in [9.17, 15) is 9.59 Å². The second-order valence-electron chi connectivity index (χ2n) is 7.12. The first-order valence-corrected chi connectivity index (χ1v) is 8.29. The van der Waals surface area contributed by atoms with Crippen LogP contribution in [0.2, 0.25) is 0 Å². The van der Waals surface area contributed by atoms with Crippen LogP contribution in [0.3, 0.4) is 0 Å². The average Bonchev–Trinajstić information content (AvgIpc) is 3.39. The highest BCUT2D eigenvalue weighted by Gasteiger charge is 2.67. The molecule has 6 atom stereocenters. The summed E-state index contributed by atoms with van der Waals surface area (Å²) in [5.74, 6) is 0.900. The van der Waals surface area contributed by atoms with Crippen LogP contribution in [-0.2, 0) is 9.59 Å². The molecule has 1 aromatic carbocycles. The molecule has 0 N–H and O–H groups in total. The van der Waals surface area contributed by atoms with Gasteiger partial charge in [0.15, 0.2) is 0 Å². The summed E-state index contributed by atoms with van der Waals surface area (Å²) < 4.78 is 0. The summed E-state index contributed by atoms with van der Waals surface area (Å²) in [6, 6.07) is 8.93. The number of carbonyl (C=O) groups excluding carboxylic acids is 2. The fraction of sp³-hybridized carbons (Fsp3) is 0.368. The molecular weight excluding hydrogens is 302 g/mol. The number of imide groups is 1. The van der Waals surface area contributed by atoms with Gasteiger partial charge >= 0.3 is 0 Å². The van der Waals surface area contributed by atoms with Crippen molar-refractivity contribution in [2.75, 3.05) is 0 Å². The third-order valence-electron chi connectivity index (χ3n) is 6.00. The number of allylic oxidation sites excluding steroid dienone is 2. The molecule has 1 heterocycles. The maximum atomic E-state index is 12.7. The molecule has 1 aliphatic heterocycles. The van der Waals surface area contributed by atoms with Crippen molar-refractivity contribution >= 4 is 18.0 Å². The van der Waals surface area contributed by atoms with Gasteiger partial charge in [-0.3, -0.25) is 9.59 Å².